The first-order valence-corrected chi connectivity index (χ1v) is 16.7. The van der Waals surface area contributed by atoms with Crippen LogP contribution in [-0.4, -0.2) is 48.1 Å². The van der Waals surface area contributed by atoms with E-state index in [-0.39, 0.29) is 29.1 Å². The number of piperidine rings is 1. The molecule has 0 atom stereocenters. The highest BCUT2D eigenvalue weighted by Gasteiger charge is 2.33. The number of alkyl halides is 3. The van der Waals surface area contributed by atoms with Crippen molar-refractivity contribution in [2.45, 2.75) is 57.1 Å². The van der Waals surface area contributed by atoms with Crippen molar-refractivity contribution in [3.05, 3.63) is 107 Å². The number of likely N-dealkylation sites (tertiary alicyclic amines) is 1. The number of benzene rings is 3. The Balaban J connectivity index is 1.22. The fourth-order valence-electron chi connectivity index (χ4n) is 5.21. The van der Waals surface area contributed by atoms with E-state index in [0.717, 1.165) is 17.7 Å². The zero-order valence-electron chi connectivity index (χ0n) is 26.1. The number of anilines is 1. The molecule has 1 fully saturated rings. The van der Waals surface area contributed by atoms with Crippen LogP contribution in [0.3, 0.4) is 0 Å². The Morgan fingerprint density at radius 1 is 0.915 bits per heavy atom. The van der Waals surface area contributed by atoms with Gasteiger partial charge in [0.15, 0.2) is 5.69 Å². The van der Waals surface area contributed by atoms with Gasteiger partial charge < -0.3 is 14.4 Å². The molecule has 0 unspecified atom stereocenters. The number of nitrogens with one attached hydrogen (secondary N) is 1. The highest BCUT2D eigenvalue weighted by atomic mass is 32.2. The van der Waals surface area contributed by atoms with Gasteiger partial charge in [0.05, 0.1) is 11.4 Å². The van der Waals surface area contributed by atoms with Gasteiger partial charge in [-0.3, -0.25) is 9.52 Å². The average molecular weight is 669 g/mol. The second-order valence-corrected chi connectivity index (χ2v) is 14.0. The van der Waals surface area contributed by atoms with Crippen molar-refractivity contribution in [3.8, 4) is 17.4 Å². The van der Waals surface area contributed by atoms with Crippen LogP contribution in [0.15, 0.2) is 84.9 Å². The predicted molar refractivity (Wildman–Crippen MR) is 171 cm³/mol. The number of carbonyl (C=O) groups excluding carboxylic acids is 1. The Morgan fingerprint density at radius 3 is 2.19 bits per heavy atom. The number of aromatic nitrogens is 2. The van der Waals surface area contributed by atoms with Gasteiger partial charge >= 0.3 is 6.18 Å². The summed E-state index contributed by atoms with van der Waals surface area (Å²) in [4.78, 5) is 15.3. The van der Waals surface area contributed by atoms with Crippen LogP contribution in [0.2, 0.25) is 0 Å². The molecule has 1 aliphatic rings. The minimum absolute atomic E-state index is 0.0530. The first-order chi connectivity index (χ1) is 22.1. The van der Waals surface area contributed by atoms with Crippen LogP contribution >= 0.6 is 0 Å². The lowest BCUT2D eigenvalue weighted by Crippen LogP contribution is -2.38. The Labute approximate surface area is 271 Å². The van der Waals surface area contributed by atoms with Crippen molar-refractivity contribution in [1.82, 2.24) is 15.1 Å². The summed E-state index contributed by atoms with van der Waals surface area (Å²) in [5.41, 5.74) is 0.510. The number of halogens is 3. The molecule has 4 aromatic rings. The monoisotopic (exact) mass is 668 g/mol. The molecule has 1 aromatic heterocycles. The predicted octanol–water partition coefficient (Wildman–Crippen LogP) is 7.43. The van der Waals surface area contributed by atoms with Gasteiger partial charge in [0, 0.05) is 24.7 Å². The molecule has 1 N–H and O–H groups in total. The van der Waals surface area contributed by atoms with E-state index in [1.165, 1.54) is 6.07 Å². The smallest absolute Gasteiger partial charge is 0.435 e. The second kappa shape index (κ2) is 13.6. The molecule has 9 nitrogen and oxygen atoms in total. The summed E-state index contributed by atoms with van der Waals surface area (Å²) in [6, 6.07) is 22.7. The maximum atomic E-state index is 13.6. The van der Waals surface area contributed by atoms with Crippen molar-refractivity contribution < 1.29 is 35.9 Å². The normalized spacial score (nSPS) is 14.5. The number of rotatable bonds is 9. The summed E-state index contributed by atoms with van der Waals surface area (Å²) in [5.74, 6) is 0.414. The molecule has 3 aromatic carbocycles. The van der Waals surface area contributed by atoms with Crippen LogP contribution in [0.25, 0.3) is 0 Å². The van der Waals surface area contributed by atoms with E-state index < -0.39 is 27.5 Å². The van der Waals surface area contributed by atoms with Gasteiger partial charge in [-0.05, 0) is 87.1 Å². The topological polar surface area (TPSA) is 111 Å². The third kappa shape index (κ3) is 9.22. The molecular formula is C34H35F3N4O5S. The van der Waals surface area contributed by atoms with E-state index in [4.69, 9.17) is 9.47 Å². The van der Waals surface area contributed by atoms with Crippen LogP contribution < -0.4 is 14.2 Å². The number of ether oxygens (including phenoxy) is 2. The van der Waals surface area contributed by atoms with Gasteiger partial charge in [-0.25, -0.2) is 8.42 Å². The van der Waals surface area contributed by atoms with Gasteiger partial charge in [-0.1, -0.05) is 42.5 Å². The largest absolute Gasteiger partial charge is 0.486 e. The van der Waals surface area contributed by atoms with Gasteiger partial charge in [-0.2, -0.15) is 13.2 Å². The molecule has 1 saturated heterocycles. The molecule has 2 heterocycles. The van der Waals surface area contributed by atoms with E-state index in [0.29, 0.717) is 48.6 Å². The molecule has 0 bridgehead atoms. The standard InChI is InChI=1S/C34H35F3N4O5S/c1-33(2,3)46-29-14-11-26(21-28(29)40-47(43,44)22-23-7-5-4-6-8-23)32(42)41-19-17-25(18-20-41)24-9-12-27(13-10-24)45-31-16-15-30(38-39-31)34(35,36)37/h4-16,21,25,40H,17-20,22H2,1-3H3. The molecule has 1 aliphatic heterocycles. The van der Waals surface area contributed by atoms with Crippen LogP contribution in [0.1, 0.15) is 66.7 Å². The lowest BCUT2D eigenvalue weighted by molar-refractivity contribution is -0.141. The number of hydrogen-bond donors (Lipinski definition) is 1. The van der Waals surface area contributed by atoms with Crippen LogP contribution in [0.4, 0.5) is 18.9 Å². The summed E-state index contributed by atoms with van der Waals surface area (Å²) < 4.78 is 78.5. The molecule has 0 spiro atoms. The molecule has 13 heteroatoms. The minimum atomic E-state index is -4.58. The van der Waals surface area contributed by atoms with Crippen LogP contribution in [0.5, 0.6) is 17.4 Å². The molecule has 0 aliphatic carbocycles. The Hall–Kier alpha value is -4.65. The number of amides is 1. The first-order valence-electron chi connectivity index (χ1n) is 15.0. The van der Waals surface area contributed by atoms with Crippen molar-refractivity contribution in [2.75, 3.05) is 17.8 Å². The average Bonchev–Trinajstić information content (AvgIpc) is 3.01. The molecule has 0 radical (unpaired) electrons. The lowest BCUT2D eigenvalue weighted by Gasteiger charge is -2.32. The fraction of sp³-hybridized carbons (Fsp3) is 0.324. The lowest BCUT2D eigenvalue weighted by atomic mass is 9.89. The maximum absolute atomic E-state index is 13.6. The second-order valence-electron chi connectivity index (χ2n) is 12.3. The number of carbonyl (C=O) groups is 1. The zero-order valence-corrected chi connectivity index (χ0v) is 26.9. The third-order valence-electron chi connectivity index (χ3n) is 7.39. The molecule has 47 heavy (non-hydrogen) atoms. The highest BCUT2D eigenvalue weighted by molar-refractivity contribution is 7.91. The van der Waals surface area contributed by atoms with Crippen LogP contribution in [-0.2, 0) is 22.0 Å². The van der Waals surface area contributed by atoms with E-state index in [1.807, 2.05) is 39.0 Å². The Bertz CT molecular complexity index is 1790. The summed E-state index contributed by atoms with van der Waals surface area (Å²) in [7, 11) is -3.81. The Morgan fingerprint density at radius 2 is 1.60 bits per heavy atom. The molecule has 5 rings (SSSR count). The number of sulfonamides is 1. The van der Waals surface area contributed by atoms with E-state index in [2.05, 4.69) is 14.9 Å². The van der Waals surface area contributed by atoms with Crippen molar-refractivity contribution in [1.29, 1.82) is 0 Å². The van der Waals surface area contributed by atoms with Crippen LogP contribution in [0, 0.1) is 0 Å². The van der Waals surface area contributed by atoms with Crippen molar-refractivity contribution >= 4 is 21.6 Å². The van der Waals surface area contributed by atoms with E-state index in [9.17, 15) is 26.4 Å². The minimum Gasteiger partial charge on any atom is -0.486 e. The molecule has 1 amide bonds. The summed E-state index contributed by atoms with van der Waals surface area (Å²) in [6.07, 6.45) is -3.17. The maximum Gasteiger partial charge on any atom is 0.435 e. The van der Waals surface area contributed by atoms with Crippen molar-refractivity contribution in [2.24, 2.45) is 0 Å². The molecule has 248 valence electrons. The van der Waals surface area contributed by atoms with E-state index in [1.54, 1.807) is 53.4 Å². The fourth-order valence-corrected chi connectivity index (χ4v) is 6.41. The molecular weight excluding hydrogens is 633 g/mol. The zero-order chi connectivity index (χ0) is 33.8. The quantitative estimate of drug-likeness (QED) is 0.198. The summed E-state index contributed by atoms with van der Waals surface area (Å²) in [6.45, 7) is 6.56. The molecule has 0 saturated carbocycles. The van der Waals surface area contributed by atoms with Gasteiger partial charge in [0.1, 0.15) is 17.1 Å². The van der Waals surface area contributed by atoms with Gasteiger partial charge in [0.25, 0.3) is 5.91 Å². The summed E-state index contributed by atoms with van der Waals surface area (Å²) in [5, 5.41) is 6.66. The van der Waals surface area contributed by atoms with Crippen molar-refractivity contribution in [3.63, 3.8) is 0 Å². The summed E-state index contributed by atoms with van der Waals surface area (Å²) >= 11 is 0. The van der Waals surface area contributed by atoms with Gasteiger partial charge in [0.2, 0.25) is 15.9 Å². The number of nitrogens with zero attached hydrogens (tertiary/aromatic N) is 3. The Kier molecular flexibility index (Phi) is 9.76. The number of hydrogen-bond acceptors (Lipinski definition) is 7. The SMILES string of the molecule is CC(C)(C)Oc1ccc(C(=O)N2CCC(c3ccc(Oc4ccc(C(F)(F)F)nn4)cc3)CC2)cc1NS(=O)(=O)Cc1ccccc1. The van der Waals surface area contributed by atoms with Gasteiger partial charge in [-0.15, -0.1) is 10.2 Å². The third-order valence-corrected chi connectivity index (χ3v) is 8.64. The van der Waals surface area contributed by atoms with E-state index >= 15 is 0 Å². The first kappa shape index (κ1) is 33.7. The highest BCUT2D eigenvalue weighted by Crippen LogP contribution is 2.34.